The lowest BCUT2D eigenvalue weighted by Gasteiger charge is -2.17. The van der Waals surface area contributed by atoms with Gasteiger partial charge in [-0.25, -0.2) is 0 Å². The third kappa shape index (κ3) is 3.65. The number of anilines is 2. The van der Waals surface area contributed by atoms with E-state index in [0.717, 1.165) is 5.56 Å². The number of carbonyl (C=O) groups excluding carboxylic acids is 2. The van der Waals surface area contributed by atoms with Crippen molar-refractivity contribution in [2.75, 3.05) is 17.2 Å². The molecule has 1 aliphatic rings. The van der Waals surface area contributed by atoms with Crippen LogP contribution in [0.4, 0.5) is 11.4 Å². The van der Waals surface area contributed by atoms with E-state index in [4.69, 9.17) is 4.74 Å². The first-order valence-corrected chi connectivity index (χ1v) is 8.46. The molecule has 0 spiro atoms. The second-order valence-corrected chi connectivity index (χ2v) is 6.29. The first-order chi connectivity index (χ1) is 12.0. The van der Waals surface area contributed by atoms with E-state index in [-0.39, 0.29) is 11.8 Å². The molecule has 0 aliphatic heterocycles. The summed E-state index contributed by atoms with van der Waals surface area (Å²) in [5.41, 5.74) is 1.35. The van der Waals surface area contributed by atoms with Crippen LogP contribution in [0.3, 0.4) is 0 Å². The van der Waals surface area contributed by atoms with Crippen molar-refractivity contribution in [1.82, 2.24) is 0 Å². The largest absolute Gasteiger partial charge is 0.492 e. The van der Waals surface area contributed by atoms with E-state index in [0.29, 0.717) is 36.6 Å². The van der Waals surface area contributed by atoms with Crippen LogP contribution in [0.2, 0.25) is 0 Å². The van der Waals surface area contributed by atoms with Crippen LogP contribution in [0.25, 0.3) is 0 Å². The van der Waals surface area contributed by atoms with Crippen LogP contribution in [-0.2, 0) is 9.59 Å². The van der Waals surface area contributed by atoms with Crippen LogP contribution in [-0.4, -0.2) is 18.4 Å². The summed E-state index contributed by atoms with van der Waals surface area (Å²) in [7, 11) is 0. The first kappa shape index (κ1) is 17.0. The van der Waals surface area contributed by atoms with Gasteiger partial charge in [0.2, 0.25) is 11.8 Å². The molecule has 0 radical (unpaired) electrons. The monoisotopic (exact) mass is 338 g/mol. The number of rotatable bonds is 6. The predicted octanol–water partition coefficient (Wildman–Crippen LogP) is 3.75. The Morgan fingerprint density at radius 3 is 2.44 bits per heavy atom. The maximum absolute atomic E-state index is 12.7. The second kappa shape index (κ2) is 6.97. The minimum absolute atomic E-state index is 0.260. The fourth-order valence-electron chi connectivity index (χ4n) is 2.75. The van der Waals surface area contributed by atoms with Crippen molar-refractivity contribution in [3.63, 3.8) is 0 Å². The summed E-state index contributed by atoms with van der Waals surface area (Å²) < 4.78 is 5.52. The van der Waals surface area contributed by atoms with Crippen molar-refractivity contribution in [1.29, 1.82) is 0 Å². The molecule has 2 N–H and O–H groups in total. The van der Waals surface area contributed by atoms with E-state index in [2.05, 4.69) is 10.6 Å². The maximum Gasteiger partial charge on any atom is 0.240 e. The molecular formula is C20H22N2O3. The summed E-state index contributed by atoms with van der Waals surface area (Å²) in [6, 6.07) is 14.8. The van der Waals surface area contributed by atoms with E-state index >= 15 is 0 Å². The molecular weight excluding hydrogens is 316 g/mol. The lowest BCUT2D eigenvalue weighted by molar-refractivity contribution is -0.131. The smallest absolute Gasteiger partial charge is 0.240 e. The minimum atomic E-state index is -0.997. The third-order valence-corrected chi connectivity index (χ3v) is 4.33. The zero-order chi connectivity index (χ0) is 17.9. The van der Waals surface area contributed by atoms with E-state index in [1.165, 1.54) is 0 Å². The highest BCUT2D eigenvalue weighted by Crippen LogP contribution is 2.48. The highest BCUT2D eigenvalue weighted by molar-refractivity contribution is 6.17. The molecule has 2 aromatic carbocycles. The SMILES string of the molecule is CCOc1ccccc1NC(=O)C1(C(=O)Nc2cccc(C)c2)CC1. The molecule has 0 unspecified atom stereocenters. The zero-order valence-corrected chi connectivity index (χ0v) is 14.5. The van der Waals surface area contributed by atoms with Crippen molar-refractivity contribution in [3.05, 3.63) is 54.1 Å². The number of carbonyl (C=O) groups is 2. The van der Waals surface area contributed by atoms with Gasteiger partial charge in [0.15, 0.2) is 0 Å². The number of benzene rings is 2. The van der Waals surface area contributed by atoms with Gasteiger partial charge in [0, 0.05) is 5.69 Å². The number of hydrogen-bond donors (Lipinski definition) is 2. The molecule has 0 atom stereocenters. The molecule has 0 heterocycles. The molecule has 1 fully saturated rings. The van der Waals surface area contributed by atoms with Gasteiger partial charge in [0.25, 0.3) is 0 Å². The Bertz CT molecular complexity index is 797. The van der Waals surface area contributed by atoms with Crippen LogP contribution in [0.15, 0.2) is 48.5 Å². The average molecular weight is 338 g/mol. The molecule has 0 saturated heterocycles. The van der Waals surface area contributed by atoms with Crippen molar-refractivity contribution in [2.24, 2.45) is 5.41 Å². The molecule has 1 saturated carbocycles. The summed E-state index contributed by atoms with van der Waals surface area (Å²) in [6.45, 7) is 4.35. The predicted molar refractivity (Wildman–Crippen MR) is 97.7 cm³/mol. The van der Waals surface area contributed by atoms with Gasteiger partial charge in [-0.15, -0.1) is 0 Å². The van der Waals surface area contributed by atoms with Crippen molar-refractivity contribution >= 4 is 23.2 Å². The van der Waals surface area contributed by atoms with Gasteiger partial charge in [-0.3, -0.25) is 9.59 Å². The molecule has 3 rings (SSSR count). The molecule has 5 heteroatoms. The van der Waals surface area contributed by atoms with Gasteiger partial charge in [-0.05, 0) is 56.5 Å². The topological polar surface area (TPSA) is 67.4 Å². The Hall–Kier alpha value is -2.82. The molecule has 5 nitrogen and oxygen atoms in total. The normalized spacial score (nSPS) is 14.5. The Morgan fingerprint density at radius 1 is 1.04 bits per heavy atom. The summed E-state index contributed by atoms with van der Waals surface area (Å²) in [5.74, 6) is 0.0579. The molecule has 0 aromatic heterocycles. The van der Waals surface area contributed by atoms with Crippen molar-refractivity contribution < 1.29 is 14.3 Å². The lowest BCUT2D eigenvalue weighted by Crippen LogP contribution is -2.35. The van der Waals surface area contributed by atoms with Crippen LogP contribution in [0, 0.1) is 12.3 Å². The number of amides is 2. The minimum Gasteiger partial charge on any atom is -0.492 e. The van der Waals surface area contributed by atoms with Crippen LogP contribution in [0.1, 0.15) is 25.3 Å². The Labute approximate surface area is 147 Å². The molecule has 25 heavy (non-hydrogen) atoms. The Balaban J connectivity index is 1.72. The molecule has 0 bridgehead atoms. The fourth-order valence-corrected chi connectivity index (χ4v) is 2.75. The number of hydrogen-bond acceptors (Lipinski definition) is 3. The first-order valence-electron chi connectivity index (χ1n) is 8.46. The van der Waals surface area contributed by atoms with E-state index < -0.39 is 5.41 Å². The van der Waals surface area contributed by atoms with Gasteiger partial charge in [-0.1, -0.05) is 24.3 Å². The average Bonchev–Trinajstić information content (AvgIpc) is 3.39. The quantitative estimate of drug-likeness (QED) is 0.788. The van der Waals surface area contributed by atoms with Gasteiger partial charge in [0.1, 0.15) is 11.2 Å². The van der Waals surface area contributed by atoms with E-state index in [1.807, 2.05) is 50.2 Å². The van der Waals surface area contributed by atoms with Crippen LogP contribution >= 0.6 is 0 Å². The highest BCUT2D eigenvalue weighted by atomic mass is 16.5. The number of para-hydroxylation sites is 2. The summed E-state index contributed by atoms with van der Waals surface area (Å²) in [5, 5.41) is 5.71. The van der Waals surface area contributed by atoms with Crippen LogP contribution in [0.5, 0.6) is 5.75 Å². The van der Waals surface area contributed by atoms with Crippen molar-refractivity contribution in [2.45, 2.75) is 26.7 Å². The number of aryl methyl sites for hydroxylation is 1. The van der Waals surface area contributed by atoms with Crippen LogP contribution < -0.4 is 15.4 Å². The summed E-state index contributed by atoms with van der Waals surface area (Å²) >= 11 is 0. The highest BCUT2D eigenvalue weighted by Gasteiger charge is 2.56. The second-order valence-electron chi connectivity index (χ2n) is 6.29. The molecule has 1 aliphatic carbocycles. The molecule has 130 valence electrons. The third-order valence-electron chi connectivity index (χ3n) is 4.33. The zero-order valence-electron chi connectivity index (χ0n) is 14.5. The fraction of sp³-hybridized carbons (Fsp3) is 0.300. The molecule has 2 amide bonds. The van der Waals surface area contributed by atoms with Gasteiger partial charge in [0.05, 0.1) is 12.3 Å². The Kier molecular flexibility index (Phi) is 4.74. The standard InChI is InChI=1S/C20H22N2O3/c1-3-25-17-10-5-4-9-16(17)22-19(24)20(11-12-20)18(23)21-15-8-6-7-14(2)13-15/h4-10,13H,3,11-12H2,1-2H3,(H,21,23)(H,22,24). The Morgan fingerprint density at radius 2 is 1.76 bits per heavy atom. The number of ether oxygens (including phenoxy) is 1. The van der Waals surface area contributed by atoms with Crippen molar-refractivity contribution in [3.8, 4) is 5.75 Å². The summed E-state index contributed by atoms with van der Waals surface area (Å²) in [6.07, 6.45) is 1.10. The summed E-state index contributed by atoms with van der Waals surface area (Å²) in [4.78, 5) is 25.4. The van der Waals surface area contributed by atoms with Gasteiger partial charge >= 0.3 is 0 Å². The van der Waals surface area contributed by atoms with Gasteiger partial charge < -0.3 is 15.4 Å². The van der Waals surface area contributed by atoms with E-state index in [1.54, 1.807) is 12.1 Å². The lowest BCUT2D eigenvalue weighted by atomic mass is 10.0. The van der Waals surface area contributed by atoms with Gasteiger partial charge in [-0.2, -0.15) is 0 Å². The number of nitrogens with one attached hydrogen (secondary N) is 2. The molecule has 2 aromatic rings. The maximum atomic E-state index is 12.7. The van der Waals surface area contributed by atoms with E-state index in [9.17, 15) is 9.59 Å².